The average molecular weight is 429 g/mol. The van der Waals surface area contributed by atoms with Crippen molar-refractivity contribution < 1.29 is 19.1 Å². The first-order chi connectivity index (χ1) is 9.31. The van der Waals surface area contributed by atoms with E-state index in [4.69, 9.17) is 32.7 Å². The molecule has 1 rings (SSSR count). The third-order valence-corrected chi connectivity index (χ3v) is 3.45. The van der Waals surface area contributed by atoms with Crippen molar-refractivity contribution in [3.63, 3.8) is 0 Å². The fourth-order valence-electron chi connectivity index (χ4n) is 1.07. The van der Waals surface area contributed by atoms with Gasteiger partial charge in [0.15, 0.2) is 5.38 Å². The summed E-state index contributed by atoms with van der Waals surface area (Å²) < 4.78 is 10.6. The standard InChI is InChI=1S/C13H11Cl2IO4/c1-7(2)12(17)19-6-9(15)13(18)20-11-4-3-8(14)5-10(11)16/h3-5,9H,1,6H2,2H3. The Hall–Kier alpha value is -0.790. The zero-order chi connectivity index (χ0) is 15.3. The summed E-state index contributed by atoms with van der Waals surface area (Å²) >= 11 is 13.6. The Morgan fingerprint density at radius 1 is 1.45 bits per heavy atom. The molecule has 7 heteroatoms. The van der Waals surface area contributed by atoms with Crippen molar-refractivity contribution in [1.82, 2.24) is 0 Å². The van der Waals surface area contributed by atoms with Gasteiger partial charge in [-0.1, -0.05) is 18.2 Å². The van der Waals surface area contributed by atoms with Gasteiger partial charge in [0.2, 0.25) is 0 Å². The molecule has 0 amide bonds. The van der Waals surface area contributed by atoms with Crippen molar-refractivity contribution in [1.29, 1.82) is 0 Å². The first-order valence-electron chi connectivity index (χ1n) is 5.44. The Bertz CT molecular complexity index is 545. The molecule has 0 fully saturated rings. The van der Waals surface area contributed by atoms with Crippen LogP contribution in [0.25, 0.3) is 0 Å². The zero-order valence-electron chi connectivity index (χ0n) is 10.5. The predicted molar refractivity (Wildman–Crippen MR) is 85.2 cm³/mol. The summed E-state index contributed by atoms with van der Waals surface area (Å²) in [5.41, 5.74) is 0.231. The van der Waals surface area contributed by atoms with Crippen LogP contribution in [-0.4, -0.2) is 23.9 Å². The SMILES string of the molecule is C=C(C)C(=O)OCC(Cl)C(=O)Oc1ccc(Cl)cc1I. The molecular formula is C13H11Cl2IO4. The van der Waals surface area contributed by atoms with E-state index in [0.29, 0.717) is 14.3 Å². The van der Waals surface area contributed by atoms with Gasteiger partial charge in [0.25, 0.3) is 0 Å². The van der Waals surface area contributed by atoms with Crippen molar-refractivity contribution in [2.45, 2.75) is 12.3 Å². The van der Waals surface area contributed by atoms with Gasteiger partial charge < -0.3 is 9.47 Å². The number of carbonyl (C=O) groups excluding carboxylic acids is 2. The van der Waals surface area contributed by atoms with E-state index in [0.717, 1.165) is 0 Å². The molecular weight excluding hydrogens is 418 g/mol. The molecule has 0 aliphatic carbocycles. The van der Waals surface area contributed by atoms with Crippen molar-refractivity contribution >= 4 is 57.7 Å². The molecule has 0 spiro atoms. The lowest BCUT2D eigenvalue weighted by Crippen LogP contribution is -2.27. The van der Waals surface area contributed by atoms with Crippen molar-refractivity contribution in [3.05, 3.63) is 38.9 Å². The Balaban J connectivity index is 2.57. The number of carbonyl (C=O) groups is 2. The summed E-state index contributed by atoms with van der Waals surface area (Å²) in [4.78, 5) is 22.9. The lowest BCUT2D eigenvalue weighted by Gasteiger charge is -2.11. The highest BCUT2D eigenvalue weighted by Gasteiger charge is 2.21. The Morgan fingerprint density at radius 2 is 2.10 bits per heavy atom. The molecule has 1 atom stereocenters. The lowest BCUT2D eigenvalue weighted by atomic mass is 10.3. The van der Waals surface area contributed by atoms with Crippen LogP contribution in [0.2, 0.25) is 5.02 Å². The van der Waals surface area contributed by atoms with Crippen molar-refractivity contribution in [2.24, 2.45) is 0 Å². The lowest BCUT2D eigenvalue weighted by molar-refractivity contribution is -0.141. The molecule has 4 nitrogen and oxygen atoms in total. The highest BCUT2D eigenvalue weighted by Crippen LogP contribution is 2.25. The van der Waals surface area contributed by atoms with Crippen LogP contribution in [0.1, 0.15) is 6.92 Å². The first kappa shape index (κ1) is 17.3. The number of halogens is 3. The highest BCUT2D eigenvalue weighted by atomic mass is 127. The Labute approximate surface area is 140 Å². The third-order valence-electron chi connectivity index (χ3n) is 2.07. The molecule has 0 saturated carbocycles. The Kier molecular flexibility index (Phi) is 6.78. The highest BCUT2D eigenvalue weighted by molar-refractivity contribution is 14.1. The van der Waals surface area contributed by atoms with Crippen molar-refractivity contribution in [3.8, 4) is 5.75 Å². The predicted octanol–water partition coefficient (Wildman–Crippen LogP) is 3.58. The normalized spacial score (nSPS) is 11.6. The minimum atomic E-state index is -1.09. The van der Waals surface area contributed by atoms with Crippen LogP contribution in [0, 0.1) is 3.57 Å². The van der Waals surface area contributed by atoms with Gasteiger partial charge >= 0.3 is 11.9 Å². The fraction of sp³-hybridized carbons (Fsp3) is 0.231. The second kappa shape index (κ2) is 7.85. The molecule has 108 valence electrons. The van der Waals surface area contributed by atoms with Gasteiger partial charge in [0.05, 0.1) is 3.57 Å². The van der Waals surface area contributed by atoms with E-state index in [2.05, 4.69) is 6.58 Å². The summed E-state index contributed by atoms with van der Waals surface area (Å²) in [5, 5.41) is -0.559. The first-order valence-corrected chi connectivity index (χ1v) is 7.34. The topological polar surface area (TPSA) is 52.6 Å². The molecule has 1 unspecified atom stereocenters. The minimum Gasteiger partial charge on any atom is -0.460 e. The van der Waals surface area contributed by atoms with Gasteiger partial charge in [-0.25, -0.2) is 9.59 Å². The number of hydrogen-bond acceptors (Lipinski definition) is 4. The maximum absolute atomic E-state index is 11.7. The molecule has 0 N–H and O–H groups in total. The van der Waals surface area contributed by atoms with E-state index in [1.54, 1.807) is 18.2 Å². The quantitative estimate of drug-likeness (QED) is 0.236. The molecule has 0 heterocycles. The fourth-order valence-corrected chi connectivity index (χ4v) is 2.16. The van der Waals surface area contributed by atoms with Gasteiger partial charge in [0, 0.05) is 10.6 Å². The zero-order valence-corrected chi connectivity index (χ0v) is 14.2. The smallest absolute Gasteiger partial charge is 0.333 e. The number of hydrogen-bond donors (Lipinski definition) is 0. The van der Waals surface area contributed by atoms with Gasteiger partial charge in [-0.2, -0.15) is 0 Å². The van der Waals surface area contributed by atoms with Crippen molar-refractivity contribution in [2.75, 3.05) is 6.61 Å². The van der Waals surface area contributed by atoms with Crippen LogP contribution in [0.3, 0.4) is 0 Å². The Morgan fingerprint density at radius 3 is 2.65 bits per heavy atom. The number of rotatable bonds is 5. The summed E-state index contributed by atoms with van der Waals surface area (Å²) in [6.07, 6.45) is 0. The average Bonchev–Trinajstić information content (AvgIpc) is 2.38. The number of esters is 2. The molecule has 0 bridgehead atoms. The molecule has 1 aromatic rings. The summed E-state index contributed by atoms with van der Waals surface area (Å²) in [5.74, 6) is -0.970. The molecule has 0 aliphatic rings. The third kappa shape index (κ3) is 5.30. The summed E-state index contributed by atoms with van der Waals surface area (Å²) in [7, 11) is 0. The van der Waals surface area contributed by atoms with E-state index in [9.17, 15) is 9.59 Å². The number of alkyl halides is 1. The van der Waals surface area contributed by atoms with E-state index in [-0.39, 0.29) is 12.2 Å². The molecule has 0 aliphatic heterocycles. The molecule has 0 aromatic heterocycles. The molecule has 1 aromatic carbocycles. The van der Waals surface area contributed by atoms with Gasteiger partial charge in [0.1, 0.15) is 12.4 Å². The number of benzene rings is 1. The number of ether oxygens (including phenoxy) is 2. The van der Waals surface area contributed by atoms with E-state index >= 15 is 0 Å². The van der Waals surface area contributed by atoms with Crippen LogP contribution in [0.4, 0.5) is 0 Å². The maximum atomic E-state index is 11.7. The second-order valence-corrected chi connectivity index (χ2v) is 5.97. The van der Waals surface area contributed by atoms with Crippen LogP contribution >= 0.6 is 45.8 Å². The molecule has 20 heavy (non-hydrogen) atoms. The summed E-state index contributed by atoms with van der Waals surface area (Å²) in [6.45, 7) is 4.64. The van der Waals surface area contributed by atoms with E-state index in [1.165, 1.54) is 6.92 Å². The molecule has 0 saturated heterocycles. The van der Waals surface area contributed by atoms with Crippen LogP contribution in [0.15, 0.2) is 30.4 Å². The monoisotopic (exact) mass is 428 g/mol. The van der Waals surface area contributed by atoms with Crippen LogP contribution in [-0.2, 0) is 14.3 Å². The largest absolute Gasteiger partial charge is 0.460 e. The minimum absolute atomic E-state index is 0.231. The molecule has 0 radical (unpaired) electrons. The van der Waals surface area contributed by atoms with E-state index in [1.807, 2.05) is 22.6 Å². The van der Waals surface area contributed by atoms with E-state index < -0.39 is 17.3 Å². The van der Waals surface area contributed by atoms with Gasteiger partial charge in [-0.3, -0.25) is 0 Å². The second-order valence-electron chi connectivity index (χ2n) is 3.84. The maximum Gasteiger partial charge on any atom is 0.333 e. The summed E-state index contributed by atoms with van der Waals surface area (Å²) in [6, 6.07) is 4.80. The van der Waals surface area contributed by atoms with Gasteiger partial charge in [-0.05, 0) is 47.7 Å². The van der Waals surface area contributed by atoms with Crippen LogP contribution in [0.5, 0.6) is 5.75 Å². The van der Waals surface area contributed by atoms with Gasteiger partial charge in [-0.15, -0.1) is 11.6 Å². The van der Waals surface area contributed by atoms with Crippen LogP contribution < -0.4 is 4.74 Å².